The number of nitrogens with two attached hydrogens (primary N) is 1. The summed E-state index contributed by atoms with van der Waals surface area (Å²) in [4.78, 5) is 24.1. The van der Waals surface area contributed by atoms with E-state index in [0.717, 1.165) is 6.42 Å². The number of benzene rings is 1. The number of rotatable bonds is 8. The minimum absolute atomic E-state index is 0.0884. The quantitative estimate of drug-likeness (QED) is 0.767. The molecule has 3 N–H and O–H groups in total. The molecule has 0 saturated carbocycles. The Labute approximate surface area is 146 Å². The number of nitrogens with one attached hydrogen (secondary N) is 1. The lowest BCUT2D eigenvalue weighted by Gasteiger charge is -2.18. The Balaban J connectivity index is 2.34. The Morgan fingerprint density at radius 2 is 2.00 bits per heavy atom. The Morgan fingerprint density at radius 1 is 1.32 bits per heavy atom. The normalized spacial score (nSPS) is 13.8. The summed E-state index contributed by atoms with van der Waals surface area (Å²) >= 11 is 0. The average molecular weight is 348 g/mol. The van der Waals surface area contributed by atoms with E-state index in [1.54, 1.807) is 32.0 Å². The summed E-state index contributed by atoms with van der Waals surface area (Å²) in [5.74, 6) is -1.23. The number of halogens is 1. The first kappa shape index (κ1) is 18.9. The van der Waals surface area contributed by atoms with Crippen molar-refractivity contribution in [3.8, 4) is 0 Å². The van der Waals surface area contributed by atoms with Crippen molar-refractivity contribution in [3.05, 3.63) is 30.0 Å². The molecule has 7 heteroatoms. The molecule has 0 bridgehead atoms. The largest absolute Gasteiger partial charge is 0.368 e. The minimum atomic E-state index is -1.03. The number of nitrogens with zero attached hydrogens (tertiary/aromatic N) is 2. The zero-order valence-corrected chi connectivity index (χ0v) is 14.8. The van der Waals surface area contributed by atoms with E-state index < -0.39 is 24.0 Å². The number of carbonyl (C=O) groups excluding carboxylic acids is 2. The van der Waals surface area contributed by atoms with E-state index in [0.29, 0.717) is 17.3 Å². The fraction of sp³-hybridized carbons (Fsp3) is 0.500. The minimum Gasteiger partial charge on any atom is -0.368 e. The summed E-state index contributed by atoms with van der Waals surface area (Å²) < 4.78 is 15.5. The fourth-order valence-electron chi connectivity index (χ4n) is 2.80. The molecule has 0 radical (unpaired) electrons. The van der Waals surface area contributed by atoms with Crippen LogP contribution in [-0.4, -0.2) is 33.8 Å². The lowest BCUT2D eigenvalue weighted by atomic mass is 10.0. The second-order valence-electron chi connectivity index (χ2n) is 6.53. The maximum absolute atomic E-state index is 14.0. The molecule has 0 aliphatic heterocycles. The van der Waals surface area contributed by atoms with Gasteiger partial charge in [0.05, 0.1) is 12.1 Å². The summed E-state index contributed by atoms with van der Waals surface area (Å²) in [5.41, 5.74) is 6.21. The number of hydrogen-bond acceptors (Lipinski definition) is 3. The van der Waals surface area contributed by atoms with Crippen LogP contribution in [0, 0.1) is 5.92 Å². The van der Waals surface area contributed by atoms with Crippen LogP contribution >= 0.6 is 0 Å². The molecule has 1 heterocycles. The van der Waals surface area contributed by atoms with E-state index in [2.05, 4.69) is 10.4 Å². The molecule has 2 rings (SSSR count). The van der Waals surface area contributed by atoms with Gasteiger partial charge in [-0.1, -0.05) is 45.4 Å². The van der Waals surface area contributed by atoms with Gasteiger partial charge in [0.2, 0.25) is 5.91 Å². The lowest BCUT2D eigenvalue weighted by Crippen LogP contribution is -2.47. The topological polar surface area (TPSA) is 90.0 Å². The van der Waals surface area contributed by atoms with Gasteiger partial charge in [-0.05, 0) is 18.4 Å². The van der Waals surface area contributed by atoms with Crippen LogP contribution in [0.3, 0.4) is 0 Å². The maximum atomic E-state index is 14.0. The van der Waals surface area contributed by atoms with Crippen molar-refractivity contribution in [2.45, 2.75) is 52.4 Å². The predicted molar refractivity (Wildman–Crippen MR) is 94.8 cm³/mol. The lowest BCUT2D eigenvalue weighted by molar-refractivity contribution is -0.120. The van der Waals surface area contributed by atoms with Gasteiger partial charge in [0, 0.05) is 5.39 Å². The molecule has 1 aromatic carbocycles. The molecule has 2 atom stereocenters. The number of fused-ring (bicyclic) bond motifs is 1. The molecule has 0 fully saturated rings. The van der Waals surface area contributed by atoms with Gasteiger partial charge in [-0.2, -0.15) is 5.10 Å². The summed E-state index contributed by atoms with van der Waals surface area (Å²) in [6.07, 6.45) is 0.146. The van der Waals surface area contributed by atoms with Crippen LogP contribution in [0.25, 0.3) is 10.9 Å². The second-order valence-corrected chi connectivity index (χ2v) is 6.53. The highest BCUT2D eigenvalue weighted by Crippen LogP contribution is 2.20. The maximum Gasteiger partial charge on any atom is 0.273 e. The predicted octanol–water partition coefficient (Wildman–Crippen LogP) is 2.41. The van der Waals surface area contributed by atoms with Crippen molar-refractivity contribution in [2.75, 3.05) is 0 Å². The van der Waals surface area contributed by atoms with Gasteiger partial charge >= 0.3 is 0 Å². The first-order valence-corrected chi connectivity index (χ1v) is 8.54. The molecule has 0 spiro atoms. The summed E-state index contributed by atoms with van der Waals surface area (Å²) in [5, 5.41) is 7.55. The standard InChI is InChI=1S/C18H25FN4O2/c1-4-7-12(19)10-23-14-9-6-5-8-13(14)16(22-23)18(25)21-15(11(2)3)17(20)24/h5-6,8-9,11-12,15H,4,7,10H2,1-3H3,(H2,20,24)(H,21,25)/t12-,15+/m0/s1. The number of alkyl halides is 1. The third-order valence-corrected chi connectivity index (χ3v) is 4.11. The van der Waals surface area contributed by atoms with Gasteiger partial charge < -0.3 is 11.1 Å². The molecule has 25 heavy (non-hydrogen) atoms. The first-order valence-electron chi connectivity index (χ1n) is 8.54. The molecule has 0 aliphatic carbocycles. The van der Waals surface area contributed by atoms with Gasteiger partial charge in [-0.15, -0.1) is 0 Å². The zero-order valence-electron chi connectivity index (χ0n) is 14.8. The summed E-state index contributed by atoms with van der Waals surface area (Å²) in [6.45, 7) is 5.60. The Kier molecular flexibility index (Phi) is 6.12. The number of amides is 2. The number of para-hydroxylation sites is 1. The van der Waals surface area contributed by atoms with Gasteiger partial charge in [0.25, 0.3) is 5.91 Å². The van der Waals surface area contributed by atoms with Crippen molar-refractivity contribution in [3.63, 3.8) is 0 Å². The van der Waals surface area contributed by atoms with Crippen molar-refractivity contribution >= 4 is 22.7 Å². The van der Waals surface area contributed by atoms with Crippen LogP contribution in [0.5, 0.6) is 0 Å². The number of carbonyl (C=O) groups is 2. The monoisotopic (exact) mass is 348 g/mol. The van der Waals surface area contributed by atoms with Gasteiger partial charge in [0.1, 0.15) is 12.2 Å². The molecular weight excluding hydrogens is 323 g/mol. The highest BCUT2D eigenvalue weighted by molar-refractivity contribution is 6.06. The molecule has 0 unspecified atom stereocenters. The molecule has 0 saturated heterocycles. The number of aromatic nitrogens is 2. The molecule has 136 valence electrons. The second kappa shape index (κ2) is 8.09. The Bertz CT molecular complexity index is 757. The first-order chi connectivity index (χ1) is 11.8. The van der Waals surface area contributed by atoms with Gasteiger partial charge in [-0.3, -0.25) is 14.3 Å². The molecule has 6 nitrogen and oxygen atoms in total. The van der Waals surface area contributed by atoms with E-state index in [4.69, 9.17) is 5.73 Å². The van der Waals surface area contributed by atoms with Crippen LogP contribution < -0.4 is 11.1 Å². The number of hydrogen-bond donors (Lipinski definition) is 2. The van der Waals surface area contributed by atoms with Crippen LogP contribution in [-0.2, 0) is 11.3 Å². The van der Waals surface area contributed by atoms with Crippen molar-refractivity contribution in [1.29, 1.82) is 0 Å². The fourth-order valence-corrected chi connectivity index (χ4v) is 2.80. The molecule has 2 aromatic rings. The molecular formula is C18H25FN4O2. The van der Waals surface area contributed by atoms with E-state index in [9.17, 15) is 14.0 Å². The van der Waals surface area contributed by atoms with Gasteiger partial charge in [0.15, 0.2) is 5.69 Å². The Hall–Kier alpha value is -2.44. The van der Waals surface area contributed by atoms with E-state index in [1.165, 1.54) is 4.68 Å². The highest BCUT2D eigenvalue weighted by atomic mass is 19.1. The smallest absolute Gasteiger partial charge is 0.273 e. The zero-order chi connectivity index (χ0) is 18.6. The van der Waals surface area contributed by atoms with Crippen LogP contribution in [0.2, 0.25) is 0 Å². The van der Waals surface area contributed by atoms with Crippen LogP contribution in [0.15, 0.2) is 24.3 Å². The van der Waals surface area contributed by atoms with Crippen molar-refractivity contribution in [2.24, 2.45) is 11.7 Å². The SMILES string of the molecule is CCC[C@H](F)Cn1nc(C(=O)N[C@@H](C(N)=O)C(C)C)c2ccccc21. The van der Waals surface area contributed by atoms with Crippen LogP contribution in [0.4, 0.5) is 4.39 Å². The highest BCUT2D eigenvalue weighted by Gasteiger charge is 2.25. The van der Waals surface area contributed by atoms with Crippen molar-refractivity contribution in [1.82, 2.24) is 15.1 Å². The van der Waals surface area contributed by atoms with Crippen LogP contribution in [0.1, 0.15) is 44.1 Å². The third-order valence-electron chi connectivity index (χ3n) is 4.11. The number of primary amides is 1. The molecule has 0 aliphatic rings. The summed E-state index contributed by atoms with van der Waals surface area (Å²) in [7, 11) is 0. The van der Waals surface area contributed by atoms with Crippen molar-refractivity contribution < 1.29 is 14.0 Å². The molecule has 2 amide bonds. The molecule has 1 aromatic heterocycles. The Morgan fingerprint density at radius 3 is 2.60 bits per heavy atom. The van der Waals surface area contributed by atoms with E-state index in [1.807, 2.05) is 13.0 Å². The third kappa shape index (κ3) is 4.35. The summed E-state index contributed by atoms with van der Waals surface area (Å²) in [6, 6.07) is 6.38. The average Bonchev–Trinajstić information content (AvgIpc) is 2.91. The van der Waals surface area contributed by atoms with E-state index >= 15 is 0 Å². The van der Waals surface area contributed by atoms with Gasteiger partial charge in [-0.25, -0.2) is 4.39 Å². The van der Waals surface area contributed by atoms with E-state index in [-0.39, 0.29) is 18.2 Å².